The van der Waals surface area contributed by atoms with Crippen LogP contribution >= 0.6 is 11.6 Å². The molecule has 0 bridgehead atoms. The van der Waals surface area contributed by atoms with Gasteiger partial charge in [-0.1, -0.05) is 11.6 Å². The predicted molar refractivity (Wildman–Crippen MR) is 48.8 cm³/mol. The number of methoxy groups -OCH3 is 1. The molecule has 0 amide bonds. The van der Waals surface area contributed by atoms with Gasteiger partial charge in [0.2, 0.25) is 0 Å². The Balaban J connectivity index is 3.10. The average molecular weight is 202 g/mol. The monoisotopic (exact) mass is 201 g/mol. The molecule has 13 heavy (non-hydrogen) atoms. The Morgan fingerprint density at radius 1 is 1.62 bits per heavy atom. The summed E-state index contributed by atoms with van der Waals surface area (Å²) in [4.78, 5) is 10.1. The highest BCUT2D eigenvalue weighted by atomic mass is 35.5. The van der Waals surface area contributed by atoms with Crippen LogP contribution in [0, 0.1) is 10.1 Å². The van der Waals surface area contributed by atoms with Gasteiger partial charge < -0.3 is 4.74 Å². The van der Waals surface area contributed by atoms with Crippen molar-refractivity contribution in [1.82, 2.24) is 0 Å². The van der Waals surface area contributed by atoms with Gasteiger partial charge in [0.1, 0.15) is 0 Å². The van der Waals surface area contributed by atoms with Crippen molar-refractivity contribution >= 4 is 17.3 Å². The molecule has 0 spiro atoms. The van der Waals surface area contributed by atoms with Crippen LogP contribution in [-0.4, -0.2) is 12.0 Å². The molecule has 0 saturated heterocycles. The molecule has 0 aliphatic heterocycles. The van der Waals surface area contributed by atoms with Crippen molar-refractivity contribution in [3.63, 3.8) is 0 Å². The maximum absolute atomic E-state index is 10.5. The second kappa shape index (κ2) is 4.20. The van der Waals surface area contributed by atoms with Crippen LogP contribution in [0.1, 0.15) is 5.56 Å². The highest BCUT2D eigenvalue weighted by Crippen LogP contribution is 2.22. The zero-order valence-electron chi connectivity index (χ0n) is 6.99. The minimum absolute atomic E-state index is 0.0336. The van der Waals surface area contributed by atoms with Gasteiger partial charge in [0, 0.05) is 18.2 Å². The van der Waals surface area contributed by atoms with Gasteiger partial charge in [-0.15, -0.1) is 0 Å². The fraction of sp³-hybridized carbons (Fsp3) is 0.250. The molecule has 1 rings (SSSR count). The second-order valence-electron chi connectivity index (χ2n) is 2.46. The Bertz CT molecular complexity index is 327. The zero-order chi connectivity index (χ0) is 9.84. The molecule has 70 valence electrons. The smallest absolute Gasteiger partial charge is 0.275 e. The van der Waals surface area contributed by atoms with Gasteiger partial charge in [0.05, 0.1) is 17.1 Å². The lowest BCUT2D eigenvalue weighted by Crippen LogP contribution is -1.96. The van der Waals surface area contributed by atoms with Gasteiger partial charge in [-0.2, -0.15) is 0 Å². The van der Waals surface area contributed by atoms with E-state index in [-0.39, 0.29) is 12.3 Å². The molecule has 0 heterocycles. The topological polar surface area (TPSA) is 52.4 Å². The van der Waals surface area contributed by atoms with E-state index >= 15 is 0 Å². The van der Waals surface area contributed by atoms with Gasteiger partial charge in [0.25, 0.3) is 5.69 Å². The van der Waals surface area contributed by atoms with Crippen LogP contribution in [0.4, 0.5) is 5.69 Å². The van der Waals surface area contributed by atoms with Gasteiger partial charge in [-0.25, -0.2) is 0 Å². The fourth-order valence-electron chi connectivity index (χ4n) is 1.00. The lowest BCUT2D eigenvalue weighted by atomic mass is 10.2. The van der Waals surface area contributed by atoms with Crippen molar-refractivity contribution in [2.45, 2.75) is 6.61 Å². The predicted octanol–water partition coefficient (Wildman–Crippen LogP) is 2.39. The molecule has 0 radical (unpaired) electrons. The molecule has 0 atom stereocenters. The van der Waals surface area contributed by atoms with Crippen molar-refractivity contribution in [3.8, 4) is 0 Å². The Morgan fingerprint density at radius 2 is 2.31 bits per heavy atom. The van der Waals surface area contributed by atoms with Crippen LogP contribution in [-0.2, 0) is 11.3 Å². The molecule has 0 saturated carbocycles. The van der Waals surface area contributed by atoms with E-state index in [4.69, 9.17) is 16.3 Å². The molecule has 0 unspecified atom stereocenters. The summed E-state index contributed by atoms with van der Waals surface area (Å²) in [6.45, 7) is 0.191. The third-order valence-corrected chi connectivity index (χ3v) is 1.77. The Labute approximate surface area is 80.2 Å². The van der Waals surface area contributed by atoms with Crippen molar-refractivity contribution in [1.29, 1.82) is 0 Å². The number of halogens is 1. The average Bonchev–Trinajstić information content (AvgIpc) is 2.04. The van der Waals surface area contributed by atoms with E-state index in [2.05, 4.69) is 0 Å². The molecule has 4 nitrogen and oxygen atoms in total. The summed E-state index contributed by atoms with van der Waals surface area (Å²) >= 11 is 5.68. The first-order valence-corrected chi connectivity index (χ1v) is 3.94. The number of nitro groups is 1. The van der Waals surface area contributed by atoms with Crippen molar-refractivity contribution in [2.24, 2.45) is 0 Å². The number of ether oxygens (including phenoxy) is 1. The Hall–Kier alpha value is -1.13. The SMILES string of the molecule is COCc1cc(Cl)ccc1[N+](=O)[O-]. The first-order chi connectivity index (χ1) is 6.15. The largest absolute Gasteiger partial charge is 0.380 e. The molecule has 1 aromatic carbocycles. The van der Waals surface area contributed by atoms with E-state index in [9.17, 15) is 10.1 Å². The maximum atomic E-state index is 10.5. The summed E-state index contributed by atoms with van der Waals surface area (Å²) in [5.74, 6) is 0. The normalized spacial score (nSPS) is 10.0. The Morgan fingerprint density at radius 3 is 2.85 bits per heavy atom. The van der Waals surface area contributed by atoms with Crippen LogP contribution in [0.5, 0.6) is 0 Å². The van der Waals surface area contributed by atoms with Gasteiger partial charge in [0.15, 0.2) is 0 Å². The molecule has 0 fully saturated rings. The molecule has 0 N–H and O–H groups in total. The van der Waals surface area contributed by atoms with Crippen LogP contribution < -0.4 is 0 Å². The van der Waals surface area contributed by atoms with E-state index in [0.29, 0.717) is 10.6 Å². The molecule has 1 aromatic rings. The van der Waals surface area contributed by atoms with Crippen molar-refractivity contribution in [3.05, 3.63) is 38.9 Å². The highest BCUT2D eigenvalue weighted by Gasteiger charge is 2.12. The van der Waals surface area contributed by atoms with Crippen LogP contribution in [0.15, 0.2) is 18.2 Å². The molecule has 0 aliphatic rings. The number of hydrogen-bond acceptors (Lipinski definition) is 3. The van der Waals surface area contributed by atoms with Crippen molar-refractivity contribution in [2.75, 3.05) is 7.11 Å². The third-order valence-electron chi connectivity index (χ3n) is 1.54. The number of hydrogen-bond donors (Lipinski definition) is 0. The third kappa shape index (κ3) is 2.40. The summed E-state index contributed by atoms with van der Waals surface area (Å²) in [6, 6.07) is 4.39. The number of nitrogens with zero attached hydrogens (tertiary/aromatic N) is 1. The zero-order valence-corrected chi connectivity index (χ0v) is 7.75. The summed E-state index contributed by atoms with van der Waals surface area (Å²) in [6.07, 6.45) is 0. The lowest BCUT2D eigenvalue weighted by Gasteiger charge is -2.01. The maximum Gasteiger partial charge on any atom is 0.275 e. The molecular formula is C8H8ClNO3. The quantitative estimate of drug-likeness (QED) is 0.557. The highest BCUT2D eigenvalue weighted by molar-refractivity contribution is 6.30. The minimum Gasteiger partial charge on any atom is -0.380 e. The minimum atomic E-state index is -0.454. The van der Waals surface area contributed by atoms with E-state index in [0.717, 1.165) is 0 Å². The molecule has 0 aliphatic carbocycles. The van der Waals surface area contributed by atoms with Crippen LogP contribution in [0.25, 0.3) is 0 Å². The second-order valence-corrected chi connectivity index (χ2v) is 2.90. The first-order valence-electron chi connectivity index (χ1n) is 3.57. The van der Waals surface area contributed by atoms with E-state index in [1.165, 1.54) is 25.3 Å². The van der Waals surface area contributed by atoms with Gasteiger partial charge >= 0.3 is 0 Å². The first kappa shape index (κ1) is 9.95. The lowest BCUT2D eigenvalue weighted by molar-refractivity contribution is -0.385. The summed E-state index contributed by atoms with van der Waals surface area (Å²) in [5, 5.41) is 11.0. The number of rotatable bonds is 3. The van der Waals surface area contributed by atoms with E-state index in [1.807, 2.05) is 0 Å². The van der Waals surface area contributed by atoms with E-state index < -0.39 is 4.92 Å². The molecule has 0 aromatic heterocycles. The van der Waals surface area contributed by atoms with E-state index in [1.54, 1.807) is 0 Å². The standard InChI is InChI=1S/C8H8ClNO3/c1-13-5-6-4-7(9)2-3-8(6)10(11)12/h2-4H,5H2,1H3. The summed E-state index contributed by atoms with van der Waals surface area (Å²) < 4.78 is 4.81. The Kier molecular flexibility index (Phi) is 3.22. The molecular weight excluding hydrogens is 194 g/mol. The number of nitro benzene ring substituents is 1. The summed E-state index contributed by atoms with van der Waals surface area (Å²) in [7, 11) is 1.48. The fourth-order valence-corrected chi connectivity index (χ4v) is 1.20. The summed E-state index contributed by atoms with van der Waals surface area (Å²) in [5.41, 5.74) is 0.520. The number of benzene rings is 1. The van der Waals surface area contributed by atoms with Gasteiger partial charge in [-0.3, -0.25) is 10.1 Å². The van der Waals surface area contributed by atoms with Crippen LogP contribution in [0.2, 0.25) is 5.02 Å². The van der Waals surface area contributed by atoms with Crippen LogP contribution in [0.3, 0.4) is 0 Å². The molecule has 5 heteroatoms. The van der Waals surface area contributed by atoms with Gasteiger partial charge in [-0.05, 0) is 12.1 Å². The van der Waals surface area contributed by atoms with Crippen molar-refractivity contribution < 1.29 is 9.66 Å².